The Morgan fingerprint density at radius 1 is 1.56 bits per heavy atom. The van der Waals surface area contributed by atoms with Crippen molar-refractivity contribution in [2.45, 2.75) is 6.92 Å². The molecule has 0 heterocycles. The van der Waals surface area contributed by atoms with Crippen LogP contribution in [0.25, 0.3) is 0 Å². The molecule has 0 unspecified atom stereocenters. The Kier molecular flexibility index (Phi) is 14.8. The summed E-state index contributed by atoms with van der Waals surface area (Å²) in [4.78, 5) is 0. The van der Waals surface area contributed by atoms with Gasteiger partial charge in [0.15, 0.2) is 0 Å². The molecule has 9 heavy (non-hydrogen) atoms. The summed E-state index contributed by atoms with van der Waals surface area (Å²) in [7, 11) is 1.81. The second kappa shape index (κ2) is 8.24. The first-order chi connectivity index (χ1) is 3.13. The van der Waals surface area contributed by atoms with Crippen molar-refractivity contribution in [1.29, 1.82) is 0 Å². The van der Waals surface area contributed by atoms with Gasteiger partial charge in [-0.25, -0.2) is 5.01 Å². The molecule has 0 saturated carbocycles. The minimum absolute atomic E-state index is 0. The molecule has 0 spiro atoms. The molecule has 0 aromatic rings. The fourth-order valence-corrected chi connectivity index (χ4v) is 0.426. The molecule has 0 aliphatic rings. The van der Waals surface area contributed by atoms with Crippen LogP contribution in [0.2, 0.25) is 0 Å². The topological polar surface area (TPSA) is 29.3 Å². The number of hydrogen-bond donors (Lipinski definition) is 1. The summed E-state index contributed by atoms with van der Waals surface area (Å²) in [5.74, 6) is 5.27. The highest BCUT2D eigenvalue weighted by Crippen LogP contribution is 1.83. The first-order valence-electron chi connectivity index (χ1n) is 2.23. The molecular weight excluding hydrogens is 159 g/mol. The molecular formula is C5H14Cl2N2. The van der Waals surface area contributed by atoms with Crippen molar-refractivity contribution in [3.05, 3.63) is 12.2 Å². The lowest BCUT2D eigenvalue weighted by atomic mass is 10.3. The molecule has 0 aliphatic carbocycles. The number of rotatable bonds is 2. The minimum Gasteiger partial charge on any atom is -0.269 e. The zero-order chi connectivity index (χ0) is 5.86. The lowest BCUT2D eigenvalue weighted by Crippen LogP contribution is -2.27. The minimum atomic E-state index is 0. The summed E-state index contributed by atoms with van der Waals surface area (Å²) in [6.45, 7) is 6.40. The third-order valence-electron chi connectivity index (χ3n) is 0.519. The van der Waals surface area contributed by atoms with Gasteiger partial charge in [0, 0.05) is 13.6 Å². The largest absolute Gasteiger partial charge is 0.269 e. The molecule has 0 radical (unpaired) electrons. The summed E-state index contributed by atoms with van der Waals surface area (Å²) in [5.41, 5.74) is 1.09. The van der Waals surface area contributed by atoms with Crippen LogP contribution in [0.5, 0.6) is 0 Å². The van der Waals surface area contributed by atoms with E-state index < -0.39 is 0 Å². The average molecular weight is 173 g/mol. The zero-order valence-corrected chi connectivity index (χ0v) is 7.39. The van der Waals surface area contributed by atoms with Gasteiger partial charge < -0.3 is 0 Å². The Balaban J connectivity index is -0.000000180. The second-order valence-electron chi connectivity index (χ2n) is 1.87. The van der Waals surface area contributed by atoms with E-state index in [0.29, 0.717) is 0 Å². The van der Waals surface area contributed by atoms with Crippen molar-refractivity contribution in [2.24, 2.45) is 5.84 Å². The first kappa shape index (κ1) is 16.1. The molecule has 4 heteroatoms. The van der Waals surface area contributed by atoms with E-state index in [1.807, 2.05) is 14.0 Å². The first-order valence-corrected chi connectivity index (χ1v) is 2.23. The van der Waals surface area contributed by atoms with Crippen LogP contribution in [0.1, 0.15) is 6.92 Å². The van der Waals surface area contributed by atoms with E-state index in [-0.39, 0.29) is 24.8 Å². The van der Waals surface area contributed by atoms with Gasteiger partial charge in [-0.15, -0.1) is 24.8 Å². The van der Waals surface area contributed by atoms with Crippen LogP contribution in [0, 0.1) is 0 Å². The predicted molar refractivity (Wildman–Crippen MR) is 46.1 cm³/mol. The average Bonchev–Trinajstić information content (AvgIpc) is 1.27. The van der Waals surface area contributed by atoms with E-state index in [1.165, 1.54) is 0 Å². The number of hydrogen-bond acceptors (Lipinski definition) is 2. The Hall–Kier alpha value is 0.240. The fourth-order valence-electron chi connectivity index (χ4n) is 0.426. The van der Waals surface area contributed by atoms with Crippen LogP contribution in [0.3, 0.4) is 0 Å². The number of likely N-dealkylation sites (N-methyl/N-ethyl adjacent to an activating group) is 1. The third kappa shape index (κ3) is 17.8. The molecule has 0 aliphatic heterocycles. The van der Waals surface area contributed by atoms with Gasteiger partial charge in [0.1, 0.15) is 0 Å². The van der Waals surface area contributed by atoms with Crippen molar-refractivity contribution in [3.63, 3.8) is 0 Å². The van der Waals surface area contributed by atoms with Crippen molar-refractivity contribution < 1.29 is 0 Å². The number of nitrogens with zero attached hydrogens (tertiary/aromatic N) is 1. The van der Waals surface area contributed by atoms with Gasteiger partial charge in [-0.2, -0.15) is 0 Å². The van der Waals surface area contributed by atoms with Gasteiger partial charge in [-0.3, -0.25) is 5.84 Å². The van der Waals surface area contributed by atoms with Crippen molar-refractivity contribution in [1.82, 2.24) is 5.01 Å². The Bertz CT molecular complexity index is 73.4. The maximum atomic E-state index is 5.27. The maximum Gasteiger partial charge on any atom is 0.0330 e. The summed E-state index contributed by atoms with van der Waals surface area (Å²) >= 11 is 0. The van der Waals surface area contributed by atoms with E-state index in [9.17, 15) is 0 Å². The van der Waals surface area contributed by atoms with Gasteiger partial charge in [-0.05, 0) is 6.92 Å². The number of hydrazine groups is 1. The summed E-state index contributed by atoms with van der Waals surface area (Å²) < 4.78 is 0. The zero-order valence-electron chi connectivity index (χ0n) is 5.76. The van der Waals surface area contributed by atoms with Crippen LogP contribution in [0.15, 0.2) is 12.2 Å². The highest BCUT2D eigenvalue weighted by atomic mass is 35.5. The van der Waals surface area contributed by atoms with Gasteiger partial charge in [0.2, 0.25) is 0 Å². The van der Waals surface area contributed by atoms with Crippen LogP contribution >= 0.6 is 24.8 Å². The van der Waals surface area contributed by atoms with Crippen molar-refractivity contribution in [3.8, 4) is 0 Å². The molecule has 0 saturated heterocycles. The van der Waals surface area contributed by atoms with E-state index in [0.717, 1.165) is 12.1 Å². The number of nitrogens with two attached hydrogens (primary N) is 1. The summed E-state index contributed by atoms with van der Waals surface area (Å²) in [6, 6.07) is 0. The molecule has 0 fully saturated rings. The SMILES string of the molecule is C=C(C)CN(C)N.Cl.Cl. The Morgan fingerprint density at radius 3 is 1.89 bits per heavy atom. The quantitative estimate of drug-likeness (QED) is 0.386. The van der Waals surface area contributed by atoms with Gasteiger partial charge in [0.25, 0.3) is 0 Å². The smallest absolute Gasteiger partial charge is 0.0330 e. The fraction of sp³-hybridized carbons (Fsp3) is 0.600. The molecule has 0 amide bonds. The molecule has 2 N–H and O–H groups in total. The van der Waals surface area contributed by atoms with Gasteiger partial charge >= 0.3 is 0 Å². The van der Waals surface area contributed by atoms with E-state index in [1.54, 1.807) is 5.01 Å². The normalized spacial score (nSPS) is 7.56. The van der Waals surface area contributed by atoms with Crippen LogP contribution in [-0.2, 0) is 0 Å². The Labute approximate surface area is 68.9 Å². The molecule has 58 valence electrons. The van der Waals surface area contributed by atoms with Crippen LogP contribution in [-0.4, -0.2) is 18.6 Å². The molecule has 0 rings (SSSR count). The number of halogens is 2. The van der Waals surface area contributed by atoms with Crippen molar-refractivity contribution >= 4 is 24.8 Å². The van der Waals surface area contributed by atoms with E-state index >= 15 is 0 Å². The van der Waals surface area contributed by atoms with Crippen LogP contribution < -0.4 is 5.84 Å². The molecule has 0 bridgehead atoms. The summed E-state index contributed by atoms with van der Waals surface area (Å²) in [6.07, 6.45) is 0. The highest BCUT2D eigenvalue weighted by Gasteiger charge is 1.85. The molecule has 2 nitrogen and oxygen atoms in total. The standard InChI is InChI=1S/C5H12N2.2ClH/c1-5(2)4-7(3)6;;/h1,4,6H2,2-3H3;2*1H. The summed E-state index contributed by atoms with van der Waals surface area (Å²) in [5, 5.41) is 1.60. The molecule has 0 aromatic heterocycles. The third-order valence-corrected chi connectivity index (χ3v) is 0.519. The van der Waals surface area contributed by atoms with Gasteiger partial charge in [0.05, 0.1) is 0 Å². The second-order valence-corrected chi connectivity index (χ2v) is 1.87. The van der Waals surface area contributed by atoms with Crippen molar-refractivity contribution in [2.75, 3.05) is 13.6 Å². The van der Waals surface area contributed by atoms with E-state index in [4.69, 9.17) is 5.84 Å². The van der Waals surface area contributed by atoms with Gasteiger partial charge in [-0.1, -0.05) is 12.2 Å². The maximum absolute atomic E-state index is 5.27. The molecule has 0 atom stereocenters. The van der Waals surface area contributed by atoms with Crippen LogP contribution in [0.4, 0.5) is 0 Å². The highest BCUT2D eigenvalue weighted by molar-refractivity contribution is 5.85. The molecule has 0 aromatic carbocycles. The lowest BCUT2D eigenvalue weighted by molar-refractivity contribution is 0.381. The monoisotopic (exact) mass is 172 g/mol. The predicted octanol–water partition coefficient (Wildman–Crippen LogP) is 1.21. The Morgan fingerprint density at radius 2 is 1.89 bits per heavy atom. The van der Waals surface area contributed by atoms with E-state index in [2.05, 4.69) is 6.58 Å². The lowest BCUT2D eigenvalue weighted by Gasteiger charge is -2.06.